The van der Waals surface area contributed by atoms with E-state index < -0.39 is 10.0 Å². The van der Waals surface area contributed by atoms with Crippen LogP contribution in [0, 0.1) is 6.92 Å². The molecule has 0 aromatic heterocycles. The van der Waals surface area contributed by atoms with Gasteiger partial charge in [-0.1, -0.05) is 48.5 Å². The SMILES string of the molecule is Cc1ccccc1OC[C@@H](C)NC(=O)c1ccccc1NS(=O)(=O)c1ccccc1. The fourth-order valence-electron chi connectivity index (χ4n) is 2.85. The molecule has 2 N–H and O–H groups in total. The molecule has 6 nitrogen and oxygen atoms in total. The second-order valence-electron chi connectivity index (χ2n) is 6.92. The number of carbonyl (C=O) groups excluding carboxylic acids is 1. The van der Waals surface area contributed by atoms with Gasteiger partial charge in [0.05, 0.1) is 22.2 Å². The van der Waals surface area contributed by atoms with E-state index in [-0.39, 0.29) is 34.7 Å². The molecule has 0 saturated heterocycles. The molecule has 0 saturated carbocycles. The Morgan fingerprint density at radius 1 is 0.933 bits per heavy atom. The molecular weight excluding hydrogens is 400 g/mol. The smallest absolute Gasteiger partial charge is 0.261 e. The molecule has 0 radical (unpaired) electrons. The van der Waals surface area contributed by atoms with E-state index in [1.54, 1.807) is 42.5 Å². The van der Waals surface area contributed by atoms with Crippen molar-refractivity contribution in [3.63, 3.8) is 0 Å². The van der Waals surface area contributed by atoms with Crippen molar-refractivity contribution in [3.8, 4) is 5.75 Å². The number of para-hydroxylation sites is 2. The number of aryl methyl sites for hydroxylation is 1. The van der Waals surface area contributed by atoms with E-state index in [0.29, 0.717) is 0 Å². The first-order chi connectivity index (χ1) is 14.4. The van der Waals surface area contributed by atoms with Gasteiger partial charge in [-0.3, -0.25) is 9.52 Å². The normalized spacial score (nSPS) is 12.1. The van der Waals surface area contributed by atoms with E-state index in [0.717, 1.165) is 11.3 Å². The Balaban J connectivity index is 1.69. The van der Waals surface area contributed by atoms with Crippen LogP contribution in [0.5, 0.6) is 5.75 Å². The third-order valence-corrected chi connectivity index (χ3v) is 5.81. The van der Waals surface area contributed by atoms with Crippen LogP contribution in [0.3, 0.4) is 0 Å². The molecule has 1 atom stereocenters. The zero-order chi connectivity index (χ0) is 21.6. The second-order valence-corrected chi connectivity index (χ2v) is 8.60. The summed E-state index contributed by atoms with van der Waals surface area (Å²) in [6.07, 6.45) is 0. The van der Waals surface area contributed by atoms with Gasteiger partial charge < -0.3 is 10.1 Å². The minimum Gasteiger partial charge on any atom is -0.491 e. The van der Waals surface area contributed by atoms with Crippen molar-refractivity contribution < 1.29 is 17.9 Å². The van der Waals surface area contributed by atoms with Gasteiger partial charge in [-0.2, -0.15) is 0 Å². The standard InChI is InChI=1S/C23H24N2O4S/c1-17-10-6-9-15-22(17)29-16-18(2)24-23(26)20-13-7-8-14-21(20)25-30(27,28)19-11-4-3-5-12-19/h3-15,18,25H,16H2,1-2H3,(H,24,26)/t18-/m1/s1. The minimum absolute atomic E-state index is 0.125. The monoisotopic (exact) mass is 424 g/mol. The molecule has 0 aliphatic rings. The highest BCUT2D eigenvalue weighted by Crippen LogP contribution is 2.20. The number of hydrogen-bond donors (Lipinski definition) is 2. The molecule has 0 aliphatic heterocycles. The highest BCUT2D eigenvalue weighted by molar-refractivity contribution is 7.92. The Morgan fingerprint density at radius 2 is 1.57 bits per heavy atom. The van der Waals surface area contributed by atoms with E-state index in [9.17, 15) is 13.2 Å². The van der Waals surface area contributed by atoms with Crippen molar-refractivity contribution in [2.75, 3.05) is 11.3 Å². The van der Waals surface area contributed by atoms with E-state index in [1.165, 1.54) is 12.1 Å². The van der Waals surface area contributed by atoms with Crippen molar-refractivity contribution in [3.05, 3.63) is 90.0 Å². The van der Waals surface area contributed by atoms with Gasteiger partial charge >= 0.3 is 0 Å². The molecule has 3 aromatic carbocycles. The lowest BCUT2D eigenvalue weighted by molar-refractivity contribution is 0.0927. The molecule has 156 valence electrons. The maximum absolute atomic E-state index is 12.8. The quantitative estimate of drug-likeness (QED) is 0.573. The summed E-state index contributed by atoms with van der Waals surface area (Å²) in [5, 5.41) is 2.85. The fourth-order valence-corrected chi connectivity index (χ4v) is 3.95. The van der Waals surface area contributed by atoms with Crippen molar-refractivity contribution in [1.82, 2.24) is 5.32 Å². The summed E-state index contributed by atoms with van der Waals surface area (Å²) in [7, 11) is -3.80. The van der Waals surface area contributed by atoms with Crippen molar-refractivity contribution in [1.29, 1.82) is 0 Å². The Bertz CT molecular complexity index is 1110. The summed E-state index contributed by atoms with van der Waals surface area (Å²) in [5.41, 5.74) is 1.46. The molecule has 1 amide bonds. The van der Waals surface area contributed by atoms with E-state index in [4.69, 9.17) is 4.74 Å². The first-order valence-electron chi connectivity index (χ1n) is 9.53. The van der Waals surface area contributed by atoms with Crippen LogP contribution < -0.4 is 14.8 Å². The van der Waals surface area contributed by atoms with Gasteiger partial charge in [0.25, 0.3) is 15.9 Å². The number of carbonyl (C=O) groups is 1. The largest absolute Gasteiger partial charge is 0.491 e. The molecule has 30 heavy (non-hydrogen) atoms. The van der Waals surface area contributed by atoms with Crippen LogP contribution in [0.4, 0.5) is 5.69 Å². The Kier molecular flexibility index (Phi) is 6.74. The lowest BCUT2D eigenvalue weighted by Crippen LogP contribution is -2.37. The Morgan fingerprint density at radius 3 is 2.30 bits per heavy atom. The van der Waals surface area contributed by atoms with Crippen LogP contribution in [-0.2, 0) is 10.0 Å². The topological polar surface area (TPSA) is 84.5 Å². The molecule has 0 fully saturated rings. The second kappa shape index (κ2) is 9.45. The van der Waals surface area contributed by atoms with Crippen molar-refractivity contribution >= 4 is 21.6 Å². The molecule has 0 unspecified atom stereocenters. The molecule has 0 bridgehead atoms. The zero-order valence-electron chi connectivity index (χ0n) is 16.8. The average molecular weight is 425 g/mol. The molecule has 0 heterocycles. The summed E-state index contributed by atoms with van der Waals surface area (Å²) >= 11 is 0. The van der Waals surface area contributed by atoms with Gasteiger partial charge in [-0.15, -0.1) is 0 Å². The van der Waals surface area contributed by atoms with Crippen LogP contribution in [0.25, 0.3) is 0 Å². The number of rotatable bonds is 8. The van der Waals surface area contributed by atoms with Gasteiger partial charge in [-0.25, -0.2) is 8.42 Å². The predicted molar refractivity (Wildman–Crippen MR) is 117 cm³/mol. The molecular formula is C23H24N2O4S. The van der Waals surface area contributed by atoms with Crippen LogP contribution in [-0.4, -0.2) is 27.0 Å². The summed E-state index contributed by atoms with van der Waals surface area (Å²) < 4.78 is 33.5. The van der Waals surface area contributed by atoms with Gasteiger partial charge in [0.1, 0.15) is 12.4 Å². The van der Waals surface area contributed by atoms with Gasteiger partial charge in [0.15, 0.2) is 0 Å². The summed E-state index contributed by atoms with van der Waals surface area (Å²) in [6.45, 7) is 4.06. The fraction of sp³-hybridized carbons (Fsp3) is 0.174. The van der Waals surface area contributed by atoms with Crippen LogP contribution in [0.1, 0.15) is 22.8 Å². The van der Waals surface area contributed by atoms with Gasteiger partial charge in [0.2, 0.25) is 0 Å². The maximum Gasteiger partial charge on any atom is 0.261 e. The first-order valence-corrected chi connectivity index (χ1v) is 11.0. The molecule has 0 spiro atoms. The number of anilines is 1. The number of amides is 1. The molecule has 7 heteroatoms. The number of sulfonamides is 1. The van der Waals surface area contributed by atoms with Gasteiger partial charge in [-0.05, 0) is 49.7 Å². The number of nitrogens with one attached hydrogen (secondary N) is 2. The minimum atomic E-state index is -3.80. The maximum atomic E-state index is 12.8. The zero-order valence-corrected chi connectivity index (χ0v) is 17.6. The van der Waals surface area contributed by atoms with E-state index in [1.807, 2.05) is 38.1 Å². The number of benzene rings is 3. The van der Waals surface area contributed by atoms with Crippen LogP contribution in [0.2, 0.25) is 0 Å². The average Bonchev–Trinajstić information content (AvgIpc) is 2.74. The van der Waals surface area contributed by atoms with Crippen LogP contribution >= 0.6 is 0 Å². The van der Waals surface area contributed by atoms with Gasteiger partial charge in [0, 0.05) is 0 Å². The summed E-state index contributed by atoms with van der Waals surface area (Å²) in [4.78, 5) is 12.9. The van der Waals surface area contributed by atoms with Crippen molar-refractivity contribution in [2.24, 2.45) is 0 Å². The molecule has 3 aromatic rings. The number of ether oxygens (including phenoxy) is 1. The Hall–Kier alpha value is -3.32. The lowest BCUT2D eigenvalue weighted by atomic mass is 10.1. The summed E-state index contributed by atoms with van der Waals surface area (Å²) in [6, 6.07) is 21.9. The lowest BCUT2D eigenvalue weighted by Gasteiger charge is -2.18. The third kappa shape index (κ3) is 5.39. The van der Waals surface area contributed by atoms with E-state index >= 15 is 0 Å². The molecule has 0 aliphatic carbocycles. The third-order valence-electron chi connectivity index (χ3n) is 4.43. The predicted octanol–water partition coefficient (Wildman–Crippen LogP) is 3.99. The Labute approximate surface area is 177 Å². The van der Waals surface area contributed by atoms with Crippen LogP contribution in [0.15, 0.2) is 83.8 Å². The first kappa shape index (κ1) is 21.4. The van der Waals surface area contributed by atoms with E-state index in [2.05, 4.69) is 10.0 Å². The highest BCUT2D eigenvalue weighted by atomic mass is 32.2. The highest BCUT2D eigenvalue weighted by Gasteiger charge is 2.19. The molecule has 3 rings (SSSR count). The number of hydrogen-bond acceptors (Lipinski definition) is 4. The summed E-state index contributed by atoms with van der Waals surface area (Å²) in [5.74, 6) is 0.372. The van der Waals surface area contributed by atoms with Crippen molar-refractivity contribution in [2.45, 2.75) is 24.8 Å².